The van der Waals surface area contributed by atoms with Crippen molar-refractivity contribution in [2.75, 3.05) is 45.8 Å². The maximum absolute atomic E-state index is 12.8. The van der Waals surface area contributed by atoms with Gasteiger partial charge in [0.1, 0.15) is 0 Å². The van der Waals surface area contributed by atoms with E-state index in [0.717, 1.165) is 32.1 Å². The van der Waals surface area contributed by atoms with Gasteiger partial charge in [0.2, 0.25) is 5.91 Å². The van der Waals surface area contributed by atoms with E-state index in [9.17, 15) is 4.79 Å². The summed E-state index contributed by atoms with van der Waals surface area (Å²) >= 11 is 0. The van der Waals surface area contributed by atoms with Gasteiger partial charge in [-0.1, -0.05) is 6.42 Å². The van der Waals surface area contributed by atoms with Crippen LogP contribution in [0.5, 0.6) is 0 Å². The summed E-state index contributed by atoms with van der Waals surface area (Å²) in [4.78, 5) is 17.6. The van der Waals surface area contributed by atoms with E-state index in [1.54, 1.807) is 0 Å². The third kappa shape index (κ3) is 4.20. The van der Waals surface area contributed by atoms with Crippen molar-refractivity contribution in [2.24, 2.45) is 17.3 Å². The van der Waals surface area contributed by atoms with Crippen LogP contribution in [0.1, 0.15) is 44.9 Å². The maximum atomic E-state index is 12.8. The van der Waals surface area contributed by atoms with E-state index < -0.39 is 0 Å². The highest BCUT2D eigenvalue weighted by molar-refractivity contribution is 5.85. The highest BCUT2D eigenvalue weighted by atomic mass is 35.5. The Morgan fingerprint density at radius 2 is 1.75 bits per heavy atom. The molecule has 24 heavy (non-hydrogen) atoms. The van der Waals surface area contributed by atoms with Crippen LogP contribution in [0.15, 0.2) is 0 Å². The van der Waals surface area contributed by atoms with Crippen molar-refractivity contribution >= 4 is 30.7 Å². The molecular weight excluding hydrogens is 345 g/mol. The summed E-state index contributed by atoms with van der Waals surface area (Å²) < 4.78 is 0. The number of nitrogens with zero attached hydrogens (tertiary/aromatic N) is 2. The fraction of sp³-hybridized carbons (Fsp3) is 0.944. The smallest absolute Gasteiger partial charge is 0.226 e. The lowest BCUT2D eigenvalue weighted by Gasteiger charge is -2.29. The zero-order valence-corrected chi connectivity index (χ0v) is 16.3. The molecule has 1 amide bonds. The standard InChI is InChI=1S/C18H31N3O.2ClH/c22-17(16-12-18(16)5-7-19-8-6-18)21-11-4-15(14-21)13-20-9-2-1-3-10-20;;/h15-16,19H,1-14H2;2*1H. The van der Waals surface area contributed by atoms with E-state index in [0.29, 0.717) is 17.2 Å². The van der Waals surface area contributed by atoms with E-state index in [4.69, 9.17) is 0 Å². The molecule has 4 rings (SSSR count). The zero-order chi connectivity index (χ0) is 15.0. The molecule has 6 heteroatoms. The summed E-state index contributed by atoms with van der Waals surface area (Å²) in [6.45, 7) is 8.06. The van der Waals surface area contributed by atoms with Gasteiger partial charge in [-0.05, 0) is 76.0 Å². The minimum absolute atomic E-state index is 0. The highest BCUT2D eigenvalue weighted by Crippen LogP contribution is 2.59. The molecule has 3 aliphatic heterocycles. The number of rotatable bonds is 3. The van der Waals surface area contributed by atoms with Crippen LogP contribution in [-0.4, -0.2) is 61.5 Å². The third-order valence-electron chi connectivity index (χ3n) is 6.65. The Morgan fingerprint density at radius 1 is 1.04 bits per heavy atom. The van der Waals surface area contributed by atoms with Gasteiger partial charge in [0.05, 0.1) is 0 Å². The molecule has 4 fully saturated rings. The topological polar surface area (TPSA) is 35.6 Å². The number of likely N-dealkylation sites (tertiary alicyclic amines) is 2. The van der Waals surface area contributed by atoms with E-state index in [-0.39, 0.29) is 24.8 Å². The summed E-state index contributed by atoms with van der Waals surface area (Å²) in [5.74, 6) is 1.58. The van der Waals surface area contributed by atoms with Crippen molar-refractivity contribution in [2.45, 2.75) is 44.9 Å². The molecule has 3 heterocycles. The van der Waals surface area contributed by atoms with Gasteiger partial charge in [-0.15, -0.1) is 24.8 Å². The minimum Gasteiger partial charge on any atom is -0.342 e. The van der Waals surface area contributed by atoms with E-state index >= 15 is 0 Å². The minimum atomic E-state index is 0. The fourth-order valence-electron chi connectivity index (χ4n) is 5.08. The normalized spacial score (nSPS) is 32.1. The molecule has 1 N–H and O–H groups in total. The van der Waals surface area contributed by atoms with Gasteiger partial charge in [-0.3, -0.25) is 4.79 Å². The molecule has 0 aromatic heterocycles. The molecular formula is C18H33Cl2N3O. The molecule has 1 spiro atoms. The summed E-state index contributed by atoms with van der Waals surface area (Å²) in [5.41, 5.74) is 0.396. The number of halogens is 2. The SMILES string of the molecule is Cl.Cl.O=C(C1CC12CCNCC2)N1CCC(CN2CCCCC2)C1. The third-order valence-corrected chi connectivity index (χ3v) is 6.65. The lowest BCUT2D eigenvalue weighted by atomic mass is 9.91. The van der Waals surface area contributed by atoms with Crippen molar-refractivity contribution in [1.82, 2.24) is 15.1 Å². The average molecular weight is 378 g/mol. The van der Waals surface area contributed by atoms with Gasteiger partial charge in [0.15, 0.2) is 0 Å². The second-order valence-electron chi connectivity index (χ2n) is 8.17. The van der Waals surface area contributed by atoms with Gasteiger partial charge in [0.25, 0.3) is 0 Å². The van der Waals surface area contributed by atoms with Gasteiger partial charge in [0, 0.05) is 25.6 Å². The van der Waals surface area contributed by atoms with Crippen LogP contribution in [0.4, 0.5) is 0 Å². The zero-order valence-electron chi connectivity index (χ0n) is 14.7. The van der Waals surface area contributed by atoms with E-state index in [1.165, 1.54) is 64.6 Å². The van der Waals surface area contributed by atoms with Crippen LogP contribution >= 0.6 is 24.8 Å². The van der Waals surface area contributed by atoms with Crippen LogP contribution in [0.3, 0.4) is 0 Å². The van der Waals surface area contributed by atoms with Gasteiger partial charge in [-0.2, -0.15) is 0 Å². The summed E-state index contributed by atoms with van der Waals surface area (Å²) in [6, 6.07) is 0. The van der Waals surface area contributed by atoms with Crippen molar-refractivity contribution in [1.29, 1.82) is 0 Å². The largest absolute Gasteiger partial charge is 0.342 e. The van der Waals surface area contributed by atoms with Crippen molar-refractivity contribution in [3.8, 4) is 0 Å². The average Bonchev–Trinajstić information content (AvgIpc) is 3.03. The Hall–Kier alpha value is -0.0300. The van der Waals surface area contributed by atoms with Crippen molar-refractivity contribution < 1.29 is 4.79 Å². The Balaban J connectivity index is 0.00000104. The summed E-state index contributed by atoms with van der Waals surface area (Å²) in [6.07, 6.45) is 8.97. The molecule has 1 saturated carbocycles. The fourth-order valence-corrected chi connectivity index (χ4v) is 5.08. The highest BCUT2D eigenvalue weighted by Gasteiger charge is 2.58. The van der Waals surface area contributed by atoms with Crippen LogP contribution in [0, 0.1) is 17.3 Å². The lowest BCUT2D eigenvalue weighted by Crippen LogP contribution is -2.37. The lowest BCUT2D eigenvalue weighted by molar-refractivity contribution is -0.132. The molecule has 1 aliphatic carbocycles. The number of carbonyl (C=O) groups is 1. The quantitative estimate of drug-likeness (QED) is 0.820. The Labute approximate surface area is 158 Å². The Morgan fingerprint density at radius 3 is 2.46 bits per heavy atom. The second kappa shape index (κ2) is 8.57. The number of piperidine rings is 2. The Bertz CT molecular complexity index is 422. The molecule has 0 aromatic rings. The van der Waals surface area contributed by atoms with E-state index in [2.05, 4.69) is 15.1 Å². The molecule has 4 aliphatic rings. The number of amides is 1. The number of nitrogens with one attached hydrogen (secondary N) is 1. The predicted molar refractivity (Wildman–Crippen MR) is 102 cm³/mol. The molecule has 2 unspecified atom stereocenters. The molecule has 140 valence electrons. The molecule has 0 radical (unpaired) electrons. The van der Waals surface area contributed by atoms with Gasteiger partial charge in [-0.25, -0.2) is 0 Å². The number of hydrogen-bond donors (Lipinski definition) is 1. The maximum Gasteiger partial charge on any atom is 0.226 e. The van der Waals surface area contributed by atoms with Crippen LogP contribution < -0.4 is 5.32 Å². The number of hydrogen-bond acceptors (Lipinski definition) is 3. The van der Waals surface area contributed by atoms with Crippen LogP contribution in [-0.2, 0) is 4.79 Å². The van der Waals surface area contributed by atoms with Crippen molar-refractivity contribution in [3.63, 3.8) is 0 Å². The first-order valence-electron chi connectivity index (χ1n) is 9.49. The monoisotopic (exact) mass is 377 g/mol. The summed E-state index contributed by atoms with van der Waals surface area (Å²) in [5, 5.41) is 3.43. The number of carbonyl (C=O) groups excluding carboxylic acids is 1. The molecule has 3 saturated heterocycles. The Kier molecular flexibility index (Phi) is 7.24. The van der Waals surface area contributed by atoms with Crippen LogP contribution in [0.2, 0.25) is 0 Å². The van der Waals surface area contributed by atoms with Crippen molar-refractivity contribution in [3.05, 3.63) is 0 Å². The second-order valence-corrected chi connectivity index (χ2v) is 8.17. The predicted octanol–water partition coefficient (Wildman–Crippen LogP) is 2.55. The first-order chi connectivity index (χ1) is 10.8. The first kappa shape index (κ1) is 20.3. The molecule has 0 aromatic carbocycles. The molecule has 4 nitrogen and oxygen atoms in total. The van der Waals surface area contributed by atoms with Crippen LogP contribution in [0.25, 0.3) is 0 Å². The molecule has 0 bridgehead atoms. The summed E-state index contributed by atoms with van der Waals surface area (Å²) in [7, 11) is 0. The molecule has 2 atom stereocenters. The van der Waals surface area contributed by atoms with E-state index in [1.807, 2.05) is 0 Å². The first-order valence-corrected chi connectivity index (χ1v) is 9.49. The van der Waals surface area contributed by atoms with Gasteiger partial charge >= 0.3 is 0 Å². The van der Waals surface area contributed by atoms with Gasteiger partial charge < -0.3 is 15.1 Å².